The molecule has 1 heterocycles. The lowest BCUT2D eigenvalue weighted by atomic mass is 9.96. The Bertz CT molecular complexity index is 857. The van der Waals surface area contributed by atoms with Gasteiger partial charge in [0.25, 0.3) is 0 Å². The fourth-order valence-corrected chi connectivity index (χ4v) is 4.24. The summed E-state index contributed by atoms with van der Waals surface area (Å²) in [6, 6.07) is 14.9. The van der Waals surface area contributed by atoms with Crippen molar-refractivity contribution >= 4 is 6.09 Å². The Morgan fingerprint density at radius 3 is 2.20 bits per heavy atom. The molecule has 1 saturated heterocycles. The van der Waals surface area contributed by atoms with Crippen molar-refractivity contribution in [2.45, 2.75) is 36.6 Å². The molecule has 30 heavy (non-hydrogen) atoms. The second-order valence-corrected chi connectivity index (χ2v) is 7.44. The molecule has 0 bridgehead atoms. The van der Waals surface area contributed by atoms with E-state index in [4.69, 9.17) is 14.2 Å². The largest absolute Gasteiger partial charge is 0.449 e. The van der Waals surface area contributed by atoms with E-state index in [-0.39, 0.29) is 12.5 Å². The first-order chi connectivity index (χ1) is 14.5. The molecule has 160 valence electrons. The van der Waals surface area contributed by atoms with E-state index in [0.717, 1.165) is 22.3 Å². The van der Waals surface area contributed by atoms with E-state index in [1.165, 1.54) is 7.11 Å². The van der Waals surface area contributed by atoms with Crippen molar-refractivity contribution in [3.05, 3.63) is 59.7 Å². The first-order valence-electron chi connectivity index (χ1n) is 9.82. The third kappa shape index (κ3) is 3.68. The summed E-state index contributed by atoms with van der Waals surface area (Å²) in [5.74, 6) is -0.104. The Kier molecular flexibility index (Phi) is 6.03. The number of aliphatic hydroxyl groups is 3. The summed E-state index contributed by atoms with van der Waals surface area (Å²) in [7, 11) is 1.31. The molecule has 0 unspecified atom stereocenters. The minimum absolute atomic E-state index is 0.104. The molecular weight excluding hydrogens is 390 g/mol. The number of rotatable bonds is 5. The highest BCUT2D eigenvalue weighted by atomic mass is 16.7. The number of nitrogens with one attached hydrogen (secondary N) is 1. The van der Waals surface area contributed by atoms with Gasteiger partial charge in [-0.15, -0.1) is 0 Å². The van der Waals surface area contributed by atoms with Crippen molar-refractivity contribution in [3.8, 4) is 11.1 Å². The zero-order valence-corrected chi connectivity index (χ0v) is 16.5. The number of carbonyl (C=O) groups excluding carboxylic acids is 1. The topological polar surface area (TPSA) is 117 Å². The molecule has 1 amide bonds. The first kappa shape index (κ1) is 20.8. The standard InChI is InChI=1S/C22H25NO7/c1-28-21-20(26)19(25)18(17(10-24)30-21)23-22(27)29-11-16-14-8-4-2-6-12(14)13-7-3-5-9-15(13)16/h2-9,16-21,24-26H,10-11H2,1H3,(H,23,27)/t17-,18-,19+,20-,21-/m1/s1. The van der Waals surface area contributed by atoms with Gasteiger partial charge in [0, 0.05) is 13.0 Å². The van der Waals surface area contributed by atoms with Crippen LogP contribution in [0.25, 0.3) is 11.1 Å². The Labute approximate surface area is 174 Å². The van der Waals surface area contributed by atoms with Crippen LogP contribution in [0.3, 0.4) is 0 Å². The molecule has 2 aromatic rings. The van der Waals surface area contributed by atoms with Gasteiger partial charge < -0.3 is 34.8 Å². The highest BCUT2D eigenvalue weighted by molar-refractivity contribution is 5.79. The van der Waals surface area contributed by atoms with Crippen LogP contribution in [0.2, 0.25) is 0 Å². The molecule has 2 aromatic carbocycles. The lowest BCUT2D eigenvalue weighted by molar-refractivity contribution is -0.271. The number of hydrogen-bond donors (Lipinski definition) is 4. The average molecular weight is 415 g/mol. The van der Waals surface area contributed by atoms with Crippen molar-refractivity contribution in [2.75, 3.05) is 20.3 Å². The van der Waals surface area contributed by atoms with Crippen molar-refractivity contribution < 1.29 is 34.3 Å². The van der Waals surface area contributed by atoms with Crippen LogP contribution in [0.4, 0.5) is 4.79 Å². The molecule has 0 saturated carbocycles. The van der Waals surface area contributed by atoms with E-state index in [1.54, 1.807) is 0 Å². The number of methoxy groups -OCH3 is 1. The quantitative estimate of drug-likeness (QED) is 0.575. The van der Waals surface area contributed by atoms with Gasteiger partial charge in [0.05, 0.1) is 12.6 Å². The van der Waals surface area contributed by atoms with Crippen molar-refractivity contribution in [1.29, 1.82) is 0 Å². The van der Waals surface area contributed by atoms with Gasteiger partial charge in [-0.05, 0) is 22.3 Å². The second-order valence-electron chi connectivity index (χ2n) is 7.44. The van der Waals surface area contributed by atoms with E-state index in [9.17, 15) is 20.1 Å². The number of fused-ring (bicyclic) bond motifs is 3. The van der Waals surface area contributed by atoms with E-state index in [0.29, 0.717) is 0 Å². The molecule has 0 spiro atoms. The zero-order chi connectivity index (χ0) is 21.3. The number of aliphatic hydroxyl groups excluding tert-OH is 3. The van der Waals surface area contributed by atoms with Crippen molar-refractivity contribution in [1.82, 2.24) is 5.32 Å². The maximum absolute atomic E-state index is 12.5. The molecule has 0 radical (unpaired) electrons. The molecule has 8 nitrogen and oxygen atoms in total. The first-order valence-corrected chi connectivity index (χ1v) is 9.82. The predicted octanol–water partition coefficient (Wildman–Crippen LogP) is 0.979. The summed E-state index contributed by atoms with van der Waals surface area (Å²) in [4.78, 5) is 12.5. The minimum atomic E-state index is -1.39. The van der Waals surface area contributed by atoms with Gasteiger partial charge in [-0.3, -0.25) is 0 Å². The maximum atomic E-state index is 12.5. The predicted molar refractivity (Wildman–Crippen MR) is 107 cm³/mol. The van der Waals surface area contributed by atoms with Gasteiger partial charge >= 0.3 is 6.09 Å². The molecule has 5 atom stereocenters. The van der Waals surface area contributed by atoms with Crippen LogP contribution in [0.5, 0.6) is 0 Å². The van der Waals surface area contributed by atoms with Gasteiger partial charge in [0.2, 0.25) is 0 Å². The highest BCUT2D eigenvalue weighted by Gasteiger charge is 2.45. The van der Waals surface area contributed by atoms with E-state index >= 15 is 0 Å². The van der Waals surface area contributed by atoms with E-state index < -0.39 is 43.3 Å². The monoisotopic (exact) mass is 415 g/mol. The molecule has 8 heteroatoms. The molecule has 1 fully saturated rings. The molecule has 4 N–H and O–H groups in total. The average Bonchev–Trinajstić information content (AvgIpc) is 3.09. The normalized spacial score (nSPS) is 27.9. The molecule has 1 aliphatic heterocycles. The van der Waals surface area contributed by atoms with Crippen molar-refractivity contribution in [3.63, 3.8) is 0 Å². The number of ether oxygens (including phenoxy) is 3. The Morgan fingerprint density at radius 2 is 1.63 bits per heavy atom. The number of carbonyl (C=O) groups is 1. The van der Waals surface area contributed by atoms with Crippen LogP contribution in [-0.2, 0) is 14.2 Å². The number of amides is 1. The lowest BCUT2D eigenvalue weighted by Crippen LogP contribution is -2.64. The zero-order valence-electron chi connectivity index (χ0n) is 16.5. The van der Waals surface area contributed by atoms with Gasteiger partial charge in [-0.2, -0.15) is 0 Å². The molecule has 2 aliphatic rings. The number of alkyl carbamates (subject to hydrolysis) is 1. The number of benzene rings is 2. The maximum Gasteiger partial charge on any atom is 0.407 e. The van der Waals surface area contributed by atoms with Crippen LogP contribution in [0, 0.1) is 0 Å². The Morgan fingerprint density at radius 1 is 1.03 bits per heavy atom. The smallest absolute Gasteiger partial charge is 0.407 e. The minimum Gasteiger partial charge on any atom is -0.449 e. The van der Waals surface area contributed by atoms with Crippen LogP contribution in [0.1, 0.15) is 17.0 Å². The fourth-order valence-electron chi connectivity index (χ4n) is 4.24. The lowest BCUT2D eigenvalue weighted by Gasteiger charge is -2.41. The molecular formula is C22H25NO7. The SMILES string of the molecule is CO[C@@H]1O[C@H](CO)[C@@H](NC(=O)OCC2c3ccccc3-c3ccccc32)[C@H](O)[C@H]1O. The third-order valence-electron chi connectivity index (χ3n) is 5.75. The molecule has 0 aromatic heterocycles. The third-order valence-corrected chi connectivity index (χ3v) is 5.75. The van der Waals surface area contributed by atoms with Gasteiger partial charge in [0.1, 0.15) is 24.9 Å². The summed E-state index contributed by atoms with van der Waals surface area (Å²) in [5.41, 5.74) is 4.40. The van der Waals surface area contributed by atoms with Gasteiger partial charge in [0.15, 0.2) is 6.29 Å². The summed E-state index contributed by atoms with van der Waals surface area (Å²) < 4.78 is 15.8. The van der Waals surface area contributed by atoms with Crippen LogP contribution >= 0.6 is 0 Å². The second kappa shape index (κ2) is 8.71. The molecule has 4 rings (SSSR count). The van der Waals surface area contributed by atoms with Crippen LogP contribution < -0.4 is 5.32 Å². The summed E-state index contributed by atoms with van der Waals surface area (Å²) in [6.45, 7) is -0.367. The summed E-state index contributed by atoms with van der Waals surface area (Å²) in [5, 5.41) is 32.5. The van der Waals surface area contributed by atoms with Crippen LogP contribution in [-0.4, -0.2) is 72.4 Å². The number of hydrogen-bond acceptors (Lipinski definition) is 7. The van der Waals surface area contributed by atoms with Gasteiger partial charge in [-0.1, -0.05) is 48.5 Å². The van der Waals surface area contributed by atoms with E-state index in [2.05, 4.69) is 5.32 Å². The highest BCUT2D eigenvalue weighted by Crippen LogP contribution is 2.44. The Balaban J connectivity index is 1.44. The summed E-state index contributed by atoms with van der Waals surface area (Å²) in [6.07, 6.45) is -5.59. The fraction of sp³-hybridized carbons (Fsp3) is 0.409. The molecule has 1 aliphatic carbocycles. The van der Waals surface area contributed by atoms with Crippen LogP contribution in [0.15, 0.2) is 48.5 Å². The van der Waals surface area contributed by atoms with Crippen molar-refractivity contribution in [2.24, 2.45) is 0 Å². The van der Waals surface area contributed by atoms with Gasteiger partial charge in [-0.25, -0.2) is 4.79 Å². The Hall–Kier alpha value is -2.49. The summed E-state index contributed by atoms with van der Waals surface area (Å²) >= 11 is 0. The van der Waals surface area contributed by atoms with E-state index in [1.807, 2.05) is 48.5 Å².